The zero-order chi connectivity index (χ0) is 26.1. The molecule has 3 nitrogen and oxygen atoms in total. The largest absolute Gasteiger partial charge is 0.488 e. The number of aliphatic hydroxyl groups is 1. The molecular weight excluding hydrogens is 692 g/mol. The van der Waals surface area contributed by atoms with Gasteiger partial charge in [-0.15, -0.1) is 0 Å². The number of hydrogen-bond donors (Lipinski definition) is 1. The van der Waals surface area contributed by atoms with Crippen LogP contribution in [0.25, 0.3) is 0 Å². The molecule has 3 atom stereocenters. The molecule has 0 aromatic heterocycles. The van der Waals surface area contributed by atoms with Crippen molar-refractivity contribution in [3.63, 3.8) is 0 Å². The first kappa shape index (κ1) is 31.1. The lowest BCUT2D eigenvalue weighted by Gasteiger charge is -2.49. The molecule has 0 spiro atoms. The van der Waals surface area contributed by atoms with Crippen LogP contribution in [-0.4, -0.2) is 33.3 Å². The number of benzene rings is 1. The predicted molar refractivity (Wildman–Crippen MR) is 158 cm³/mol. The van der Waals surface area contributed by atoms with E-state index < -0.39 is 6.29 Å². The minimum atomic E-state index is -0.977. The monoisotopic (exact) mass is 730 g/mol. The van der Waals surface area contributed by atoms with Crippen molar-refractivity contribution in [3.8, 4) is 5.75 Å². The fourth-order valence-corrected chi connectivity index (χ4v) is 10.6. The van der Waals surface area contributed by atoms with Gasteiger partial charge in [-0.1, -0.05) is 112 Å². The molecule has 1 fully saturated rings. The van der Waals surface area contributed by atoms with Gasteiger partial charge in [-0.25, -0.2) is 0 Å². The summed E-state index contributed by atoms with van der Waals surface area (Å²) in [5.74, 6) is 1.80. The summed E-state index contributed by atoms with van der Waals surface area (Å²) in [6, 6.07) is 4.00. The molecule has 0 amide bonds. The van der Waals surface area contributed by atoms with Gasteiger partial charge in [-0.3, -0.25) is 0 Å². The van der Waals surface area contributed by atoms with Gasteiger partial charge in [0.2, 0.25) is 0 Å². The Bertz CT molecular complexity index is 789. The lowest BCUT2D eigenvalue weighted by molar-refractivity contribution is -0.185. The second kappa shape index (κ2) is 12.1. The minimum Gasteiger partial charge on any atom is -0.488 e. The van der Waals surface area contributed by atoms with Gasteiger partial charge in [0.05, 0.1) is 5.60 Å². The van der Waals surface area contributed by atoms with Crippen LogP contribution in [-0.2, 0) is 10.2 Å². The van der Waals surface area contributed by atoms with E-state index >= 15 is 0 Å². The molecule has 2 rings (SSSR count). The van der Waals surface area contributed by atoms with Crippen LogP contribution in [0.2, 0.25) is 0 Å². The zero-order valence-corrected chi connectivity index (χ0v) is 28.2. The molecule has 1 aliphatic rings. The molecule has 0 radical (unpaired) electrons. The lowest BCUT2D eigenvalue weighted by atomic mass is 9.61. The van der Waals surface area contributed by atoms with E-state index in [2.05, 4.69) is 98.3 Å². The normalized spacial score (nSPS) is 25.3. The summed E-state index contributed by atoms with van der Waals surface area (Å²) in [6.45, 7) is 17.8. The van der Waals surface area contributed by atoms with Crippen molar-refractivity contribution in [1.29, 1.82) is 0 Å². The number of halogens is 4. The van der Waals surface area contributed by atoms with Crippen LogP contribution in [0.3, 0.4) is 0 Å². The maximum Gasteiger partial charge on any atom is 0.189 e. The van der Waals surface area contributed by atoms with E-state index in [0.29, 0.717) is 32.7 Å². The van der Waals surface area contributed by atoms with E-state index in [1.165, 1.54) is 24.8 Å². The SMILES string of the molecule is CCC(C)(C)OC(O)COc1cc(Br)c(C(C)(C)C2C(Br)CC(C(C)(C)CC)CC2Br)c(Br)c1. The average molecular weight is 734 g/mol. The highest BCUT2D eigenvalue weighted by atomic mass is 79.9. The third-order valence-corrected chi connectivity index (χ3v) is 11.1. The predicted octanol–water partition coefficient (Wildman–Crippen LogP) is 9.38. The Morgan fingerprint density at radius 3 is 1.88 bits per heavy atom. The second-order valence-corrected chi connectivity index (χ2v) is 15.6. The molecule has 1 aromatic carbocycles. The highest BCUT2D eigenvalue weighted by Gasteiger charge is 2.48. The van der Waals surface area contributed by atoms with Gasteiger partial charge < -0.3 is 14.6 Å². The van der Waals surface area contributed by atoms with E-state index in [-0.39, 0.29) is 17.6 Å². The smallest absolute Gasteiger partial charge is 0.189 e. The molecule has 3 unspecified atom stereocenters. The van der Waals surface area contributed by atoms with Gasteiger partial charge in [0.25, 0.3) is 0 Å². The standard InChI is InChI=1S/C27H42Br4O3/c1-9-25(3,4)16-11-18(28)23(19(29)12-16)27(7,8)24-20(30)13-17(14-21(24)31)33-15-22(32)34-26(5,6)10-2/h13-14,16,18-19,22-23,32H,9-12,15H2,1-8H3. The van der Waals surface area contributed by atoms with Crippen molar-refractivity contribution in [2.24, 2.45) is 17.3 Å². The first-order valence-electron chi connectivity index (χ1n) is 12.3. The van der Waals surface area contributed by atoms with E-state index in [0.717, 1.165) is 15.4 Å². The fourth-order valence-electron chi connectivity index (χ4n) is 5.06. The van der Waals surface area contributed by atoms with Gasteiger partial charge in [0.1, 0.15) is 12.4 Å². The quantitative estimate of drug-likeness (QED) is 0.193. The maximum atomic E-state index is 10.2. The van der Waals surface area contributed by atoms with Gasteiger partial charge in [0.15, 0.2) is 6.29 Å². The summed E-state index contributed by atoms with van der Waals surface area (Å²) >= 11 is 15.9. The van der Waals surface area contributed by atoms with E-state index in [1.807, 2.05) is 32.9 Å². The van der Waals surface area contributed by atoms with Crippen LogP contribution >= 0.6 is 63.7 Å². The average Bonchev–Trinajstić information content (AvgIpc) is 2.70. The third-order valence-electron chi connectivity index (χ3n) is 8.01. The van der Waals surface area contributed by atoms with E-state index in [1.54, 1.807) is 0 Å². The Labute approximate surface area is 241 Å². The lowest BCUT2D eigenvalue weighted by Crippen LogP contribution is -2.47. The van der Waals surface area contributed by atoms with Gasteiger partial charge in [0, 0.05) is 18.6 Å². The van der Waals surface area contributed by atoms with Crippen LogP contribution in [0.1, 0.15) is 86.6 Å². The van der Waals surface area contributed by atoms with Crippen LogP contribution in [0.15, 0.2) is 21.1 Å². The highest BCUT2D eigenvalue weighted by molar-refractivity contribution is 9.11. The van der Waals surface area contributed by atoms with Crippen molar-refractivity contribution in [1.82, 2.24) is 0 Å². The maximum absolute atomic E-state index is 10.2. The molecule has 1 aromatic rings. The summed E-state index contributed by atoms with van der Waals surface area (Å²) in [4.78, 5) is 0.834. The third kappa shape index (κ3) is 7.46. The molecular formula is C27H42Br4O3. The number of alkyl halides is 2. The van der Waals surface area contributed by atoms with E-state index in [4.69, 9.17) is 9.47 Å². The number of aliphatic hydroxyl groups excluding tert-OH is 1. The van der Waals surface area contributed by atoms with Crippen molar-refractivity contribution >= 4 is 63.7 Å². The van der Waals surface area contributed by atoms with Crippen LogP contribution in [0.4, 0.5) is 0 Å². The Balaban J connectivity index is 2.21. The second-order valence-electron chi connectivity index (χ2n) is 11.5. The molecule has 196 valence electrons. The highest BCUT2D eigenvalue weighted by Crippen LogP contribution is 2.54. The first-order chi connectivity index (χ1) is 15.6. The summed E-state index contributed by atoms with van der Waals surface area (Å²) < 4.78 is 13.6. The summed E-state index contributed by atoms with van der Waals surface area (Å²) in [5.41, 5.74) is 1.08. The van der Waals surface area contributed by atoms with E-state index in [9.17, 15) is 5.11 Å². The first-order valence-corrected chi connectivity index (χ1v) is 15.7. The van der Waals surface area contributed by atoms with Crippen LogP contribution in [0.5, 0.6) is 5.75 Å². The zero-order valence-electron chi connectivity index (χ0n) is 21.9. The molecule has 1 aliphatic carbocycles. The number of hydrogen-bond acceptors (Lipinski definition) is 3. The van der Waals surface area contributed by atoms with Crippen molar-refractivity contribution in [3.05, 3.63) is 26.6 Å². The topological polar surface area (TPSA) is 38.7 Å². The van der Waals surface area contributed by atoms with Crippen molar-refractivity contribution < 1.29 is 14.6 Å². The number of ether oxygens (including phenoxy) is 2. The Kier molecular flexibility index (Phi) is 11.1. The summed E-state index contributed by atoms with van der Waals surface area (Å²) in [7, 11) is 0. The molecule has 7 heteroatoms. The molecule has 0 heterocycles. The van der Waals surface area contributed by atoms with Crippen molar-refractivity contribution in [2.75, 3.05) is 6.61 Å². The molecule has 1 N–H and O–H groups in total. The van der Waals surface area contributed by atoms with Crippen LogP contribution in [0, 0.1) is 17.3 Å². The minimum absolute atomic E-state index is 0.0786. The molecule has 1 saturated carbocycles. The van der Waals surface area contributed by atoms with Gasteiger partial charge in [-0.2, -0.15) is 0 Å². The molecule has 0 saturated heterocycles. The molecule has 34 heavy (non-hydrogen) atoms. The van der Waals surface area contributed by atoms with Gasteiger partial charge >= 0.3 is 0 Å². The summed E-state index contributed by atoms with van der Waals surface area (Å²) in [5, 5.41) is 10.2. The molecule has 0 aliphatic heterocycles. The van der Waals surface area contributed by atoms with Gasteiger partial charge in [-0.05, 0) is 73.5 Å². The Hall–Kier alpha value is 0.860. The van der Waals surface area contributed by atoms with Crippen molar-refractivity contribution in [2.45, 2.75) is 108 Å². The molecule has 0 bridgehead atoms. The Morgan fingerprint density at radius 1 is 0.941 bits per heavy atom. The summed E-state index contributed by atoms with van der Waals surface area (Å²) in [6.07, 6.45) is 3.39. The Morgan fingerprint density at radius 2 is 1.44 bits per heavy atom. The fraction of sp³-hybridized carbons (Fsp3) is 0.778. The number of rotatable bonds is 10. The van der Waals surface area contributed by atoms with Crippen LogP contribution < -0.4 is 4.74 Å².